The minimum Gasteiger partial charge on any atom is -0.390 e. The number of rotatable bonds is 2. The van der Waals surface area contributed by atoms with E-state index >= 15 is 0 Å². The first kappa shape index (κ1) is 13.6. The highest BCUT2D eigenvalue weighted by Gasteiger charge is 2.17. The van der Waals surface area contributed by atoms with Crippen molar-refractivity contribution >= 4 is 22.2 Å². The summed E-state index contributed by atoms with van der Waals surface area (Å²) in [5.74, 6) is -0.478. The summed E-state index contributed by atoms with van der Waals surface area (Å²) in [5, 5.41) is 2.35. The molecule has 0 atom stereocenters. The predicted molar refractivity (Wildman–Crippen MR) is 81.4 cm³/mol. The summed E-state index contributed by atoms with van der Waals surface area (Å²) in [6.45, 7) is 6.50. The molecule has 1 aromatic carbocycles. The molecule has 100 valence electrons. The van der Waals surface area contributed by atoms with Gasteiger partial charge in [0.25, 0.3) is 5.91 Å². The van der Waals surface area contributed by atoms with Crippen molar-refractivity contribution in [3.8, 4) is 11.1 Å². The summed E-state index contributed by atoms with van der Waals surface area (Å²) < 4.78 is 0. The van der Waals surface area contributed by atoms with E-state index in [4.69, 9.17) is 11.5 Å². The Morgan fingerprint density at radius 1 is 1.16 bits per heavy atom. The summed E-state index contributed by atoms with van der Waals surface area (Å²) in [7, 11) is 0. The van der Waals surface area contributed by atoms with Crippen LogP contribution in [0.15, 0.2) is 29.6 Å². The van der Waals surface area contributed by atoms with Crippen LogP contribution >= 0.6 is 11.3 Å². The Hall–Kier alpha value is -1.81. The molecule has 0 unspecified atom stereocenters. The van der Waals surface area contributed by atoms with Gasteiger partial charge < -0.3 is 11.5 Å². The first-order chi connectivity index (χ1) is 8.80. The van der Waals surface area contributed by atoms with Crippen molar-refractivity contribution < 1.29 is 4.79 Å². The molecule has 0 radical (unpaired) electrons. The number of anilines is 1. The van der Waals surface area contributed by atoms with Gasteiger partial charge in [-0.15, -0.1) is 11.3 Å². The molecular formula is C15H18N2OS. The summed E-state index contributed by atoms with van der Waals surface area (Å²) >= 11 is 1.34. The zero-order chi connectivity index (χ0) is 14.2. The van der Waals surface area contributed by atoms with E-state index in [1.807, 2.05) is 17.5 Å². The summed E-state index contributed by atoms with van der Waals surface area (Å²) in [5.41, 5.74) is 14.7. The normalized spacial score (nSPS) is 11.5. The second kappa shape index (κ2) is 4.70. The molecule has 0 aliphatic heterocycles. The van der Waals surface area contributed by atoms with Crippen LogP contribution < -0.4 is 11.5 Å². The predicted octanol–water partition coefficient (Wildman–Crippen LogP) is 3.39. The molecule has 0 spiro atoms. The van der Waals surface area contributed by atoms with E-state index < -0.39 is 5.91 Å². The van der Waals surface area contributed by atoms with Crippen molar-refractivity contribution in [2.45, 2.75) is 26.2 Å². The van der Waals surface area contributed by atoms with E-state index in [1.54, 1.807) is 0 Å². The number of primary amides is 1. The average molecular weight is 274 g/mol. The van der Waals surface area contributed by atoms with Gasteiger partial charge in [0.05, 0.1) is 10.6 Å². The second-order valence-electron chi connectivity index (χ2n) is 5.58. The Labute approximate surface area is 117 Å². The smallest absolute Gasteiger partial charge is 0.252 e. The third-order valence-corrected chi connectivity index (χ3v) is 3.94. The molecule has 0 saturated heterocycles. The number of benzene rings is 1. The Bertz CT molecular complexity index is 606. The lowest BCUT2D eigenvalue weighted by Gasteiger charge is -2.19. The molecular weight excluding hydrogens is 256 g/mol. The molecule has 1 amide bonds. The SMILES string of the molecule is CC(C)(C)c1ccc(-c2csc(N)c2C(N)=O)cc1. The van der Waals surface area contributed by atoms with Crippen molar-refractivity contribution in [1.82, 2.24) is 0 Å². The molecule has 2 rings (SSSR count). The monoisotopic (exact) mass is 274 g/mol. The van der Waals surface area contributed by atoms with Gasteiger partial charge in [-0.3, -0.25) is 4.79 Å². The van der Waals surface area contributed by atoms with Gasteiger partial charge in [0, 0.05) is 10.9 Å². The first-order valence-corrected chi connectivity index (χ1v) is 6.96. The zero-order valence-electron chi connectivity index (χ0n) is 11.4. The Morgan fingerprint density at radius 3 is 2.21 bits per heavy atom. The highest BCUT2D eigenvalue weighted by atomic mass is 32.1. The number of nitrogens with two attached hydrogens (primary N) is 2. The van der Waals surface area contributed by atoms with Gasteiger partial charge in [-0.25, -0.2) is 0 Å². The van der Waals surface area contributed by atoms with Crippen molar-refractivity contribution in [2.24, 2.45) is 5.73 Å². The van der Waals surface area contributed by atoms with Crippen LogP contribution in [0.4, 0.5) is 5.00 Å². The molecule has 3 nitrogen and oxygen atoms in total. The lowest BCUT2D eigenvalue weighted by atomic mass is 9.86. The van der Waals surface area contributed by atoms with Crippen molar-refractivity contribution in [3.05, 3.63) is 40.8 Å². The summed E-state index contributed by atoms with van der Waals surface area (Å²) in [6, 6.07) is 8.17. The van der Waals surface area contributed by atoms with Crippen LogP contribution in [0.25, 0.3) is 11.1 Å². The minimum absolute atomic E-state index is 0.110. The molecule has 4 N–H and O–H groups in total. The van der Waals surface area contributed by atoms with Crippen LogP contribution in [0.5, 0.6) is 0 Å². The van der Waals surface area contributed by atoms with Gasteiger partial charge in [0.2, 0.25) is 0 Å². The number of hydrogen-bond acceptors (Lipinski definition) is 3. The van der Waals surface area contributed by atoms with Crippen LogP contribution in [0, 0.1) is 0 Å². The van der Waals surface area contributed by atoms with Crippen LogP contribution in [0.2, 0.25) is 0 Å². The fourth-order valence-corrected chi connectivity index (χ4v) is 2.82. The lowest BCUT2D eigenvalue weighted by Crippen LogP contribution is -2.13. The molecule has 0 bridgehead atoms. The van der Waals surface area contributed by atoms with E-state index in [0.29, 0.717) is 10.6 Å². The Kier molecular flexibility index (Phi) is 3.37. The average Bonchev–Trinajstić information content (AvgIpc) is 2.70. The highest BCUT2D eigenvalue weighted by molar-refractivity contribution is 7.15. The minimum atomic E-state index is -0.478. The molecule has 1 aromatic heterocycles. The maximum absolute atomic E-state index is 11.5. The quantitative estimate of drug-likeness (QED) is 0.881. The van der Waals surface area contributed by atoms with E-state index in [-0.39, 0.29) is 5.41 Å². The van der Waals surface area contributed by atoms with Crippen LogP contribution in [0.1, 0.15) is 36.7 Å². The standard InChI is InChI=1S/C15H18N2OS/c1-15(2,3)10-6-4-9(5-7-10)11-8-19-14(17)12(11)13(16)18/h4-8H,17H2,1-3H3,(H2,16,18). The largest absolute Gasteiger partial charge is 0.390 e. The number of hydrogen-bond donors (Lipinski definition) is 2. The van der Waals surface area contributed by atoms with Gasteiger partial charge in [-0.2, -0.15) is 0 Å². The number of nitrogen functional groups attached to an aromatic ring is 1. The molecule has 19 heavy (non-hydrogen) atoms. The maximum Gasteiger partial charge on any atom is 0.252 e. The topological polar surface area (TPSA) is 69.1 Å². The Morgan fingerprint density at radius 2 is 1.74 bits per heavy atom. The number of carbonyl (C=O) groups excluding carboxylic acids is 1. The molecule has 0 saturated carbocycles. The fraction of sp³-hybridized carbons (Fsp3) is 0.267. The Balaban J connectivity index is 2.46. The summed E-state index contributed by atoms with van der Waals surface area (Å²) in [4.78, 5) is 11.5. The van der Waals surface area contributed by atoms with Crippen molar-refractivity contribution in [2.75, 3.05) is 5.73 Å². The molecule has 2 aromatic rings. The van der Waals surface area contributed by atoms with Crippen molar-refractivity contribution in [1.29, 1.82) is 0 Å². The zero-order valence-corrected chi connectivity index (χ0v) is 12.2. The van der Waals surface area contributed by atoms with Gasteiger partial charge >= 0.3 is 0 Å². The highest BCUT2D eigenvalue weighted by Crippen LogP contribution is 2.34. The maximum atomic E-state index is 11.5. The fourth-order valence-electron chi connectivity index (χ4n) is 1.99. The molecule has 4 heteroatoms. The van der Waals surface area contributed by atoms with Crippen LogP contribution in [0.3, 0.4) is 0 Å². The number of thiophene rings is 1. The second-order valence-corrected chi connectivity index (χ2v) is 6.49. The van der Waals surface area contributed by atoms with E-state index in [2.05, 4.69) is 32.9 Å². The number of carbonyl (C=O) groups is 1. The van der Waals surface area contributed by atoms with Crippen LogP contribution in [-0.4, -0.2) is 5.91 Å². The van der Waals surface area contributed by atoms with E-state index in [0.717, 1.165) is 11.1 Å². The molecule has 0 aliphatic rings. The van der Waals surface area contributed by atoms with Crippen LogP contribution in [-0.2, 0) is 5.41 Å². The molecule has 0 fully saturated rings. The summed E-state index contributed by atoms with van der Waals surface area (Å²) in [6.07, 6.45) is 0. The van der Waals surface area contributed by atoms with Gasteiger partial charge in [0.15, 0.2) is 0 Å². The van der Waals surface area contributed by atoms with E-state index in [1.165, 1.54) is 16.9 Å². The van der Waals surface area contributed by atoms with Gasteiger partial charge in [-0.05, 0) is 16.5 Å². The lowest BCUT2D eigenvalue weighted by molar-refractivity contribution is 0.100. The van der Waals surface area contributed by atoms with Crippen molar-refractivity contribution in [3.63, 3.8) is 0 Å². The third kappa shape index (κ3) is 2.63. The first-order valence-electron chi connectivity index (χ1n) is 6.08. The third-order valence-electron chi connectivity index (χ3n) is 3.13. The van der Waals surface area contributed by atoms with Gasteiger partial charge in [0.1, 0.15) is 0 Å². The number of amides is 1. The molecule has 1 heterocycles. The van der Waals surface area contributed by atoms with Gasteiger partial charge in [-0.1, -0.05) is 45.0 Å². The molecule has 0 aliphatic carbocycles. The van der Waals surface area contributed by atoms with E-state index in [9.17, 15) is 4.79 Å².